The van der Waals surface area contributed by atoms with Gasteiger partial charge in [0.25, 0.3) is 0 Å². The van der Waals surface area contributed by atoms with Crippen LogP contribution >= 0.6 is 0 Å². The number of halogens is 2. The molecule has 2 atom stereocenters. The van der Waals surface area contributed by atoms with Gasteiger partial charge in [-0.2, -0.15) is 0 Å². The van der Waals surface area contributed by atoms with Crippen LogP contribution in [0.3, 0.4) is 0 Å². The highest BCUT2D eigenvalue weighted by molar-refractivity contribution is 5.83. The first-order chi connectivity index (χ1) is 11.6. The van der Waals surface area contributed by atoms with Crippen LogP contribution in [0.1, 0.15) is 23.5 Å². The highest BCUT2D eigenvalue weighted by Crippen LogP contribution is 2.49. The van der Waals surface area contributed by atoms with Crippen molar-refractivity contribution in [3.8, 4) is 0 Å². The molecule has 0 aromatic heterocycles. The Morgan fingerprint density at radius 1 is 1.17 bits per heavy atom. The maximum atomic E-state index is 13.9. The van der Waals surface area contributed by atoms with Gasteiger partial charge in [-0.3, -0.25) is 4.79 Å². The Morgan fingerprint density at radius 3 is 2.62 bits per heavy atom. The molecular weight excluding hydrogens is 312 g/mol. The second kappa shape index (κ2) is 7.09. The summed E-state index contributed by atoms with van der Waals surface area (Å²) in [7, 11) is 0. The van der Waals surface area contributed by atoms with Gasteiger partial charge >= 0.3 is 0 Å². The van der Waals surface area contributed by atoms with Crippen molar-refractivity contribution >= 4 is 5.91 Å². The van der Waals surface area contributed by atoms with E-state index in [0.717, 1.165) is 17.7 Å². The molecular formula is C19H19F2NO2. The number of benzene rings is 2. The summed E-state index contributed by atoms with van der Waals surface area (Å²) in [5.74, 6) is -1.74. The number of hydrogen-bond acceptors (Lipinski definition) is 2. The average molecular weight is 331 g/mol. The summed E-state index contributed by atoms with van der Waals surface area (Å²) in [5.41, 5.74) is 1.23. The van der Waals surface area contributed by atoms with Gasteiger partial charge in [-0.1, -0.05) is 30.3 Å². The minimum absolute atomic E-state index is 0.124. The summed E-state index contributed by atoms with van der Waals surface area (Å²) < 4.78 is 27.2. The molecule has 3 rings (SSSR count). The van der Waals surface area contributed by atoms with Gasteiger partial charge in [0.15, 0.2) is 0 Å². The monoisotopic (exact) mass is 331 g/mol. The lowest BCUT2D eigenvalue weighted by molar-refractivity contribution is -0.133. The summed E-state index contributed by atoms with van der Waals surface area (Å²) >= 11 is 0. The molecule has 1 saturated carbocycles. The SMILES string of the molecule is O=C(C1CC1c1cc(F)ccc1F)N(CCO)Cc1ccccc1. The highest BCUT2D eigenvalue weighted by Gasteiger charge is 2.46. The van der Waals surface area contributed by atoms with Crippen molar-refractivity contribution in [2.24, 2.45) is 5.92 Å². The fourth-order valence-electron chi connectivity index (χ4n) is 3.04. The molecule has 1 aliphatic rings. The van der Waals surface area contributed by atoms with Crippen LogP contribution in [0, 0.1) is 17.6 Å². The molecule has 2 aromatic rings. The predicted molar refractivity (Wildman–Crippen MR) is 86.2 cm³/mol. The van der Waals surface area contributed by atoms with E-state index in [0.29, 0.717) is 13.0 Å². The molecule has 1 aliphatic carbocycles. The zero-order valence-corrected chi connectivity index (χ0v) is 13.2. The third-order valence-corrected chi connectivity index (χ3v) is 4.36. The molecule has 0 saturated heterocycles. The lowest BCUT2D eigenvalue weighted by Crippen LogP contribution is -2.34. The normalized spacial score (nSPS) is 19.1. The number of aliphatic hydroxyl groups excluding tert-OH is 1. The largest absolute Gasteiger partial charge is 0.395 e. The van der Waals surface area contributed by atoms with Gasteiger partial charge in [-0.25, -0.2) is 8.78 Å². The van der Waals surface area contributed by atoms with Crippen LogP contribution < -0.4 is 0 Å². The molecule has 5 heteroatoms. The van der Waals surface area contributed by atoms with E-state index in [1.54, 1.807) is 4.90 Å². The minimum Gasteiger partial charge on any atom is -0.395 e. The summed E-state index contributed by atoms with van der Waals surface area (Å²) in [6.45, 7) is 0.488. The molecule has 0 spiro atoms. The first kappa shape index (κ1) is 16.6. The van der Waals surface area contributed by atoms with Crippen LogP contribution in [0.4, 0.5) is 8.78 Å². The molecule has 0 heterocycles. The van der Waals surface area contributed by atoms with Gasteiger partial charge in [0.2, 0.25) is 5.91 Å². The van der Waals surface area contributed by atoms with Crippen molar-refractivity contribution in [3.63, 3.8) is 0 Å². The number of amides is 1. The van der Waals surface area contributed by atoms with Gasteiger partial charge in [0.05, 0.1) is 6.61 Å². The first-order valence-electron chi connectivity index (χ1n) is 7.98. The topological polar surface area (TPSA) is 40.5 Å². The Labute approximate surface area is 139 Å². The second-order valence-corrected chi connectivity index (χ2v) is 6.08. The Kier molecular flexibility index (Phi) is 4.90. The van der Waals surface area contributed by atoms with Gasteiger partial charge < -0.3 is 10.0 Å². The molecule has 2 aromatic carbocycles. The van der Waals surface area contributed by atoms with E-state index in [4.69, 9.17) is 0 Å². The van der Waals surface area contributed by atoms with E-state index in [-0.39, 0.29) is 36.5 Å². The van der Waals surface area contributed by atoms with Crippen molar-refractivity contribution in [2.75, 3.05) is 13.2 Å². The summed E-state index contributed by atoms with van der Waals surface area (Å²) in [5, 5.41) is 9.23. The fourth-order valence-corrected chi connectivity index (χ4v) is 3.04. The third-order valence-electron chi connectivity index (χ3n) is 4.36. The molecule has 24 heavy (non-hydrogen) atoms. The zero-order valence-electron chi connectivity index (χ0n) is 13.2. The predicted octanol–water partition coefficient (Wildman–Crippen LogP) is 3.09. The van der Waals surface area contributed by atoms with E-state index in [9.17, 15) is 18.7 Å². The lowest BCUT2D eigenvalue weighted by atomic mass is 10.1. The molecule has 0 radical (unpaired) electrons. The number of nitrogens with zero attached hydrogens (tertiary/aromatic N) is 1. The van der Waals surface area contributed by atoms with E-state index < -0.39 is 11.6 Å². The highest BCUT2D eigenvalue weighted by atomic mass is 19.1. The fraction of sp³-hybridized carbons (Fsp3) is 0.316. The lowest BCUT2D eigenvalue weighted by Gasteiger charge is -2.22. The summed E-state index contributed by atoms with van der Waals surface area (Å²) in [6, 6.07) is 12.8. The van der Waals surface area contributed by atoms with E-state index in [2.05, 4.69) is 0 Å². The molecule has 2 unspecified atom stereocenters. The van der Waals surface area contributed by atoms with Crippen LogP contribution in [-0.2, 0) is 11.3 Å². The van der Waals surface area contributed by atoms with Gasteiger partial charge in [0, 0.05) is 19.0 Å². The van der Waals surface area contributed by atoms with Crippen LogP contribution in [0.2, 0.25) is 0 Å². The van der Waals surface area contributed by atoms with Gasteiger partial charge in [-0.05, 0) is 41.7 Å². The van der Waals surface area contributed by atoms with Gasteiger partial charge in [-0.15, -0.1) is 0 Å². The van der Waals surface area contributed by atoms with E-state index >= 15 is 0 Å². The van der Waals surface area contributed by atoms with Crippen LogP contribution in [-0.4, -0.2) is 29.1 Å². The standard InChI is InChI=1S/C19H19F2NO2/c20-14-6-7-18(21)16(10-14)15-11-17(15)19(24)22(8-9-23)12-13-4-2-1-3-5-13/h1-7,10,15,17,23H,8-9,11-12H2. The molecule has 1 amide bonds. The first-order valence-corrected chi connectivity index (χ1v) is 7.98. The molecule has 3 nitrogen and oxygen atoms in total. The van der Waals surface area contributed by atoms with Crippen LogP contribution in [0.5, 0.6) is 0 Å². The third kappa shape index (κ3) is 3.62. The van der Waals surface area contributed by atoms with E-state index in [1.165, 1.54) is 6.07 Å². The number of aliphatic hydroxyl groups is 1. The van der Waals surface area contributed by atoms with Crippen molar-refractivity contribution in [2.45, 2.75) is 18.9 Å². The van der Waals surface area contributed by atoms with Crippen molar-refractivity contribution in [3.05, 3.63) is 71.3 Å². The van der Waals surface area contributed by atoms with Crippen molar-refractivity contribution in [1.82, 2.24) is 4.90 Å². The quantitative estimate of drug-likeness (QED) is 0.884. The van der Waals surface area contributed by atoms with Crippen molar-refractivity contribution < 1.29 is 18.7 Å². The van der Waals surface area contributed by atoms with E-state index in [1.807, 2.05) is 30.3 Å². The number of rotatable bonds is 6. The summed E-state index contributed by atoms with van der Waals surface area (Å²) in [4.78, 5) is 14.3. The molecule has 1 N–H and O–H groups in total. The Morgan fingerprint density at radius 2 is 1.92 bits per heavy atom. The number of carbonyl (C=O) groups is 1. The second-order valence-electron chi connectivity index (χ2n) is 6.08. The number of hydrogen-bond donors (Lipinski definition) is 1. The molecule has 126 valence electrons. The molecule has 0 bridgehead atoms. The maximum Gasteiger partial charge on any atom is 0.226 e. The average Bonchev–Trinajstić information content (AvgIpc) is 3.37. The Bertz CT molecular complexity index is 721. The smallest absolute Gasteiger partial charge is 0.226 e. The van der Waals surface area contributed by atoms with Gasteiger partial charge in [0.1, 0.15) is 11.6 Å². The van der Waals surface area contributed by atoms with Crippen LogP contribution in [0.25, 0.3) is 0 Å². The molecule has 0 aliphatic heterocycles. The molecule has 1 fully saturated rings. The van der Waals surface area contributed by atoms with Crippen LogP contribution in [0.15, 0.2) is 48.5 Å². The minimum atomic E-state index is -0.499. The maximum absolute atomic E-state index is 13.9. The zero-order chi connectivity index (χ0) is 17.1. The number of carbonyl (C=O) groups excluding carboxylic acids is 1. The summed E-state index contributed by atoms with van der Waals surface area (Å²) in [6.07, 6.45) is 0.510. The Hall–Kier alpha value is -2.27. The Balaban J connectivity index is 1.71. The van der Waals surface area contributed by atoms with Crippen molar-refractivity contribution in [1.29, 1.82) is 0 Å².